The Labute approximate surface area is 153 Å². The van der Waals surface area contributed by atoms with Crippen LogP contribution in [-0.2, 0) is 0 Å². The molecule has 0 fully saturated rings. The van der Waals surface area contributed by atoms with Crippen LogP contribution in [0.5, 0.6) is 0 Å². The van der Waals surface area contributed by atoms with Crippen molar-refractivity contribution in [2.24, 2.45) is 0 Å². The maximum atomic E-state index is 12.8. The molecule has 0 atom stereocenters. The second kappa shape index (κ2) is 7.01. The van der Waals surface area contributed by atoms with E-state index in [4.69, 9.17) is 4.98 Å². The summed E-state index contributed by atoms with van der Waals surface area (Å²) in [4.78, 5) is 18.2. The molecule has 0 bridgehead atoms. The topological polar surface area (TPSA) is 42.0 Å². The van der Waals surface area contributed by atoms with Gasteiger partial charge in [0.25, 0.3) is 5.91 Å². The first kappa shape index (κ1) is 15.7. The lowest BCUT2D eigenvalue weighted by atomic mass is 10.1. The van der Waals surface area contributed by atoms with Gasteiger partial charge in [0.2, 0.25) is 0 Å². The highest BCUT2D eigenvalue weighted by Gasteiger charge is 2.20. The number of thiazole rings is 1. The summed E-state index contributed by atoms with van der Waals surface area (Å²) in [6, 6.07) is 23.6. The Morgan fingerprint density at radius 2 is 1.52 bits per heavy atom. The van der Waals surface area contributed by atoms with Crippen LogP contribution in [-0.4, -0.2) is 10.9 Å². The average molecular weight is 362 g/mol. The van der Waals surface area contributed by atoms with Crippen molar-refractivity contribution in [3.63, 3.8) is 0 Å². The predicted octanol–water partition coefficient (Wildman–Crippen LogP) is 5.79. The van der Waals surface area contributed by atoms with Crippen LogP contribution in [0.3, 0.4) is 0 Å². The van der Waals surface area contributed by atoms with Crippen LogP contribution >= 0.6 is 22.7 Å². The van der Waals surface area contributed by atoms with Gasteiger partial charge in [-0.25, -0.2) is 4.98 Å². The second-order valence-electron chi connectivity index (χ2n) is 5.36. The van der Waals surface area contributed by atoms with Gasteiger partial charge in [0.1, 0.15) is 9.88 Å². The second-order valence-corrected chi connectivity index (χ2v) is 7.31. The molecule has 2 aromatic carbocycles. The van der Waals surface area contributed by atoms with Gasteiger partial charge in [-0.3, -0.25) is 4.79 Å². The fourth-order valence-electron chi connectivity index (χ4n) is 2.49. The lowest BCUT2D eigenvalue weighted by molar-refractivity contribution is 0.103. The summed E-state index contributed by atoms with van der Waals surface area (Å²) in [5.74, 6) is -0.124. The Hall–Kier alpha value is -2.76. The Balaban J connectivity index is 1.78. The van der Waals surface area contributed by atoms with Crippen molar-refractivity contribution < 1.29 is 4.79 Å². The Morgan fingerprint density at radius 3 is 2.16 bits per heavy atom. The zero-order chi connectivity index (χ0) is 17.1. The monoisotopic (exact) mass is 362 g/mol. The SMILES string of the molecule is O=C(Nc1cccs1)c1sc(-c2ccccc2)nc1-c1ccccc1. The normalized spacial score (nSPS) is 10.6. The third kappa shape index (κ3) is 3.38. The molecule has 0 aliphatic rings. The van der Waals surface area contributed by atoms with E-state index in [2.05, 4.69) is 5.32 Å². The van der Waals surface area contributed by atoms with Crippen molar-refractivity contribution in [3.05, 3.63) is 83.1 Å². The Morgan fingerprint density at radius 1 is 0.840 bits per heavy atom. The van der Waals surface area contributed by atoms with E-state index in [0.29, 0.717) is 4.88 Å². The molecule has 0 unspecified atom stereocenters. The number of carbonyl (C=O) groups excluding carboxylic acids is 1. The highest BCUT2D eigenvalue weighted by molar-refractivity contribution is 7.18. The van der Waals surface area contributed by atoms with E-state index in [9.17, 15) is 4.79 Å². The van der Waals surface area contributed by atoms with Crippen LogP contribution < -0.4 is 5.32 Å². The molecule has 2 aromatic heterocycles. The zero-order valence-corrected chi connectivity index (χ0v) is 14.8. The summed E-state index contributed by atoms with van der Waals surface area (Å²) in [6.45, 7) is 0. The summed E-state index contributed by atoms with van der Waals surface area (Å²) >= 11 is 2.92. The minimum atomic E-state index is -0.124. The summed E-state index contributed by atoms with van der Waals surface area (Å²) in [5, 5.41) is 6.58. The highest BCUT2D eigenvalue weighted by Crippen LogP contribution is 2.34. The van der Waals surface area contributed by atoms with Gasteiger partial charge in [-0.2, -0.15) is 0 Å². The Kier molecular flexibility index (Phi) is 4.41. The molecule has 2 heterocycles. The van der Waals surface area contributed by atoms with E-state index in [1.165, 1.54) is 22.7 Å². The van der Waals surface area contributed by atoms with E-state index in [0.717, 1.165) is 26.8 Å². The first-order valence-electron chi connectivity index (χ1n) is 7.78. The van der Waals surface area contributed by atoms with Crippen molar-refractivity contribution in [1.29, 1.82) is 0 Å². The fraction of sp³-hybridized carbons (Fsp3) is 0. The molecule has 122 valence electrons. The smallest absolute Gasteiger partial charge is 0.268 e. The molecule has 0 spiro atoms. The molecule has 0 aliphatic heterocycles. The van der Waals surface area contributed by atoms with Gasteiger partial charge in [0.15, 0.2) is 0 Å². The van der Waals surface area contributed by atoms with E-state index >= 15 is 0 Å². The standard InChI is InChI=1S/C20H14N2OS2/c23-19(21-16-12-7-13-24-16)18-17(14-8-3-1-4-9-14)22-20(25-18)15-10-5-2-6-11-15/h1-13H,(H,21,23). The van der Waals surface area contributed by atoms with Crippen LogP contribution in [0.1, 0.15) is 9.67 Å². The molecule has 4 rings (SSSR count). The summed E-state index contributed by atoms with van der Waals surface area (Å²) in [7, 11) is 0. The minimum absolute atomic E-state index is 0.124. The molecule has 25 heavy (non-hydrogen) atoms. The lowest BCUT2D eigenvalue weighted by Crippen LogP contribution is -2.10. The number of aromatic nitrogens is 1. The van der Waals surface area contributed by atoms with Gasteiger partial charge in [-0.15, -0.1) is 22.7 Å². The van der Waals surface area contributed by atoms with Gasteiger partial charge in [-0.05, 0) is 17.5 Å². The molecular formula is C20H14N2OS2. The molecule has 3 nitrogen and oxygen atoms in total. The third-order valence-electron chi connectivity index (χ3n) is 3.66. The van der Waals surface area contributed by atoms with Crippen molar-refractivity contribution in [2.75, 3.05) is 5.32 Å². The maximum Gasteiger partial charge on any atom is 0.268 e. The fourth-order valence-corrected chi connectivity index (χ4v) is 4.09. The van der Waals surface area contributed by atoms with Crippen molar-refractivity contribution in [1.82, 2.24) is 4.98 Å². The third-order valence-corrected chi connectivity index (χ3v) is 5.55. The molecule has 1 amide bonds. The number of nitrogens with one attached hydrogen (secondary N) is 1. The molecule has 4 aromatic rings. The molecule has 5 heteroatoms. The van der Waals surface area contributed by atoms with Gasteiger partial charge in [-0.1, -0.05) is 60.7 Å². The number of hydrogen-bond acceptors (Lipinski definition) is 4. The predicted molar refractivity (Wildman–Crippen MR) is 105 cm³/mol. The molecular weight excluding hydrogens is 348 g/mol. The highest BCUT2D eigenvalue weighted by atomic mass is 32.1. The Bertz CT molecular complexity index is 977. The number of hydrogen-bond donors (Lipinski definition) is 1. The summed E-state index contributed by atoms with van der Waals surface area (Å²) in [5.41, 5.74) is 2.68. The van der Waals surface area contributed by atoms with E-state index in [1.54, 1.807) is 0 Å². The van der Waals surface area contributed by atoms with Gasteiger partial charge in [0, 0.05) is 11.1 Å². The van der Waals surface area contributed by atoms with Gasteiger partial charge < -0.3 is 5.32 Å². The number of amides is 1. The molecule has 0 saturated carbocycles. The number of anilines is 1. The molecule has 0 saturated heterocycles. The number of benzene rings is 2. The quantitative estimate of drug-likeness (QED) is 0.499. The number of nitrogens with zero attached hydrogens (tertiary/aromatic N) is 1. The van der Waals surface area contributed by atoms with Crippen molar-refractivity contribution in [3.8, 4) is 21.8 Å². The van der Waals surface area contributed by atoms with Crippen LogP contribution in [0.15, 0.2) is 78.2 Å². The van der Waals surface area contributed by atoms with Gasteiger partial charge >= 0.3 is 0 Å². The average Bonchev–Trinajstić information content (AvgIpc) is 3.33. The summed E-state index contributed by atoms with van der Waals surface area (Å²) in [6.07, 6.45) is 0. The van der Waals surface area contributed by atoms with E-state index in [1.807, 2.05) is 78.2 Å². The number of carbonyl (C=O) groups is 1. The number of rotatable bonds is 4. The molecule has 1 N–H and O–H groups in total. The minimum Gasteiger partial charge on any atom is -0.313 e. The van der Waals surface area contributed by atoms with Crippen molar-refractivity contribution >= 4 is 33.6 Å². The first-order valence-corrected chi connectivity index (χ1v) is 9.47. The number of thiophene rings is 1. The van der Waals surface area contributed by atoms with E-state index < -0.39 is 0 Å². The first-order chi connectivity index (χ1) is 12.3. The molecule has 0 aliphatic carbocycles. The van der Waals surface area contributed by atoms with Crippen LogP contribution in [0.4, 0.5) is 5.00 Å². The lowest BCUT2D eigenvalue weighted by Gasteiger charge is -2.03. The van der Waals surface area contributed by atoms with Crippen LogP contribution in [0.2, 0.25) is 0 Å². The van der Waals surface area contributed by atoms with E-state index in [-0.39, 0.29) is 5.91 Å². The maximum absolute atomic E-state index is 12.8. The molecule has 0 radical (unpaired) electrons. The van der Waals surface area contributed by atoms with Crippen molar-refractivity contribution in [2.45, 2.75) is 0 Å². The largest absolute Gasteiger partial charge is 0.313 e. The summed E-state index contributed by atoms with van der Waals surface area (Å²) < 4.78 is 0. The van der Waals surface area contributed by atoms with Crippen LogP contribution in [0, 0.1) is 0 Å². The van der Waals surface area contributed by atoms with Crippen LogP contribution in [0.25, 0.3) is 21.8 Å². The zero-order valence-electron chi connectivity index (χ0n) is 13.2. The van der Waals surface area contributed by atoms with Gasteiger partial charge in [0.05, 0.1) is 10.7 Å².